The first-order valence-electron chi connectivity index (χ1n) is 8.03. The Morgan fingerprint density at radius 1 is 1.35 bits per heavy atom. The summed E-state index contributed by atoms with van der Waals surface area (Å²) in [5.74, 6) is -0.0958. The highest BCUT2D eigenvalue weighted by Gasteiger charge is 2.26. The number of carbonyl (C=O) groups excluding carboxylic acids is 1. The number of carbonyl (C=O) groups is 1. The molecular formula is C16H19ClN4O3S2. The van der Waals surface area contributed by atoms with Crippen molar-refractivity contribution in [2.45, 2.75) is 18.9 Å². The fourth-order valence-electron chi connectivity index (χ4n) is 2.83. The topological polar surface area (TPSA) is 105 Å². The van der Waals surface area contributed by atoms with Crippen LogP contribution in [0.1, 0.15) is 28.1 Å². The Kier molecular flexibility index (Phi) is 5.52. The lowest BCUT2D eigenvalue weighted by Crippen LogP contribution is -2.41. The molecule has 0 bridgehead atoms. The fourth-order valence-corrected chi connectivity index (χ4v) is 4.84. The van der Waals surface area contributed by atoms with Crippen LogP contribution in [0.25, 0.3) is 0 Å². The Morgan fingerprint density at radius 2 is 2.00 bits per heavy atom. The average Bonchev–Trinajstić information content (AvgIpc) is 2.94. The van der Waals surface area contributed by atoms with Crippen LogP contribution in [0.4, 0.5) is 10.9 Å². The molecule has 0 radical (unpaired) electrons. The second-order valence-electron chi connectivity index (χ2n) is 6.12. The number of thiazole rings is 1. The zero-order chi connectivity index (χ0) is 18.9. The molecule has 1 aliphatic rings. The predicted octanol–water partition coefficient (Wildman–Crippen LogP) is 2.45. The second-order valence-corrected chi connectivity index (χ2v) is 9.51. The SMILES string of the molecule is CS(=O)(=O)N1CCC(Nc2nc(N)c(C(=O)c3ccccc3Cl)s2)CC1. The third kappa shape index (κ3) is 4.17. The molecule has 2 heterocycles. The number of hydrogen-bond acceptors (Lipinski definition) is 7. The third-order valence-corrected chi connectivity index (χ3v) is 6.86. The maximum absolute atomic E-state index is 12.7. The first-order valence-corrected chi connectivity index (χ1v) is 11.1. The molecular weight excluding hydrogens is 396 g/mol. The van der Waals surface area contributed by atoms with Gasteiger partial charge in [-0.1, -0.05) is 35.1 Å². The molecule has 26 heavy (non-hydrogen) atoms. The number of piperidine rings is 1. The Morgan fingerprint density at radius 3 is 2.62 bits per heavy atom. The van der Waals surface area contributed by atoms with Crippen LogP contribution in [0, 0.1) is 0 Å². The summed E-state index contributed by atoms with van der Waals surface area (Å²) in [6.07, 6.45) is 2.55. The van der Waals surface area contributed by atoms with Crippen LogP contribution in [0.3, 0.4) is 0 Å². The fraction of sp³-hybridized carbons (Fsp3) is 0.375. The van der Waals surface area contributed by atoms with E-state index in [0.717, 1.165) is 0 Å². The van der Waals surface area contributed by atoms with E-state index >= 15 is 0 Å². The maximum Gasteiger partial charge on any atom is 0.211 e. The number of aromatic nitrogens is 1. The zero-order valence-corrected chi connectivity index (χ0v) is 16.5. The minimum absolute atomic E-state index is 0.0850. The van der Waals surface area contributed by atoms with Gasteiger partial charge in [-0.2, -0.15) is 0 Å². The highest BCUT2D eigenvalue weighted by atomic mass is 35.5. The van der Waals surface area contributed by atoms with Crippen molar-refractivity contribution in [1.29, 1.82) is 0 Å². The van der Waals surface area contributed by atoms with Crippen LogP contribution >= 0.6 is 22.9 Å². The summed E-state index contributed by atoms with van der Waals surface area (Å²) in [7, 11) is -3.16. The number of rotatable bonds is 5. The monoisotopic (exact) mass is 414 g/mol. The van der Waals surface area contributed by atoms with Crippen molar-refractivity contribution >= 4 is 49.7 Å². The van der Waals surface area contributed by atoms with Gasteiger partial charge < -0.3 is 11.1 Å². The predicted molar refractivity (Wildman–Crippen MR) is 104 cm³/mol. The highest BCUT2D eigenvalue weighted by Crippen LogP contribution is 2.30. The number of nitrogen functional groups attached to an aromatic ring is 1. The largest absolute Gasteiger partial charge is 0.382 e. The van der Waals surface area contributed by atoms with E-state index < -0.39 is 10.0 Å². The number of sulfonamides is 1. The van der Waals surface area contributed by atoms with Crippen LogP contribution in [0.2, 0.25) is 5.02 Å². The minimum Gasteiger partial charge on any atom is -0.382 e. The van der Waals surface area contributed by atoms with Gasteiger partial charge >= 0.3 is 0 Å². The smallest absolute Gasteiger partial charge is 0.211 e. The highest BCUT2D eigenvalue weighted by molar-refractivity contribution is 7.88. The van der Waals surface area contributed by atoms with E-state index in [1.54, 1.807) is 24.3 Å². The van der Waals surface area contributed by atoms with Crippen LogP contribution in [-0.4, -0.2) is 48.9 Å². The van der Waals surface area contributed by atoms with E-state index in [0.29, 0.717) is 46.5 Å². The summed E-state index contributed by atoms with van der Waals surface area (Å²) >= 11 is 7.27. The van der Waals surface area contributed by atoms with E-state index in [1.807, 2.05) is 0 Å². The molecule has 3 N–H and O–H groups in total. The average molecular weight is 415 g/mol. The Labute approximate surface area is 161 Å². The third-order valence-electron chi connectivity index (χ3n) is 4.23. The minimum atomic E-state index is -3.16. The van der Waals surface area contributed by atoms with E-state index in [9.17, 15) is 13.2 Å². The summed E-state index contributed by atoms with van der Waals surface area (Å²) in [6, 6.07) is 6.89. The molecule has 10 heteroatoms. The maximum atomic E-state index is 12.7. The number of nitrogens with two attached hydrogens (primary N) is 1. The molecule has 0 unspecified atom stereocenters. The molecule has 3 rings (SSSR count). The molecule has 2 aromatic rings. The molecule has 0 aliphatic carbocycles. The van der Waals surface area contributed by atoms with Gasteiger partial charge in [-0.15, -0.1) is 0 Å². The van der Waals surface area contributed by atoms with Crippen LogP contribution in [-0.2, 0) is 10.0 Å². The normalized spacial score (nSPS) is 16.5. The standard InChI is InChI=1S/C16H19ClN4O3S2/c1-26(23,24)21-8-6-10(7-9-21)19-16-20-15(18)14(25-16)13(22)11-4-2-3-5-12(11)17/h2-5,10H,6-9,18H2,1H3,(H,19,20). The van der Waals surface area contributed by atoms with E-state index in [-0.39, 0.29) is 17.6 Å². The number of anilines is 2. The lowest BCUT2D eigenvalue weighted by atomic mass is 10.1. The quantitative estimate of drug-likeness (QED) is 0.728. The first-order chi connectivity index (χ1) is 12.3. The molecule has 0 saturated carbocycles. The molecule has 0 amide bonds. The van der Waals surface area contributed by atoms with Gasteiger partial charge in [-0.25, -0.2) is 17.7 Å². The van der Waals surface area contributed by atoms with Gasteiger partial charge in [0.1, 0.15) is 10.7 Å². The number of nitrogens with zero attached hydrogens (tertiary/aromatic N) is 2. The van der Waals surface area contributed by atoms with Crippen molar-refractivity contribution in [3.63, 3.8) is 0 Å². The molecule has 140 valence electrons. The molecule has 7 nitrogen and oxygen atoms in total. The number of benzene rings is 1. The van der Waals surface area contributed by atoms with E-state index in [2.05, 4.69) is 10.3 Å². The summed E-state index contributed by atoms with van der Waals surface area (Å²) in [4.78, 5) is 17.2. The number of halogens is 1. The van der Waals surface area contributed by atoms with Crippen LogP contribution < -0.4 is 11.1 Å². The van der Waals surface area contributed by atoms with Gasteiger partial charge in [0, 0.05) is 24.7 Å². The number of nitrogens with one attached hydrogen (secondary N) is 1. The summed E-state index contributed by atoms with van der Waals surface area (Å²) in [5.41, 5.74) is 6.31. The summed E-state index contributed by atoms with van der Waals surface area (Å²) in [5, 5.41) is 4.18. The molecule has 0 spiro atoms. The lowest BCUT2D eigenvalue weighted by Gasteiger charge is -2.30. The van der Waals surface area contributed by atoms with Crippen molar-refractivity contribution in [2.24, 2.45) is 0 Å². The zero-order valence-electron chi connectivity index (χ0n) is 14.1. The molecule has 1 aromatic carbocycles. The number of hydrogen-bond donors (Lipinski definition) is 2. The Balaban J connectivity index is 1.70. The van der Waals surface area contributed by atoms with Gasteiger partial charge in [0.2, 0.25) is 15.8 Å². The van der Waals surface area contributed by atoms with Crippen molar-refractivity contribution in [3.8, 4) is 0 Å². The van der Waals surface area contributed by atoms with Crippen molar-refractivity contribution in [2.75, 3.05) is 30.4 Å². The van der Waals surface area contributed by atoms with Gasteiger partial charge in [0.25, 0.3) is 0 Å². The molecule has 1 aromatic heterocycles. The van der Waals surface area contributed by atoms with Crippen LogP contribution in [0.15, 0.2) is 24.3 Å². The lowest BCUT2D eigenvalue weighted by molar-refractivity contribution is 0.104. The van der Waals surface area contributed by atoms with Gasteiger partial charge in [-0.3, -0.25) is 4.79 Å². The number of ketones is 1. The summed E-state index contributed by atoms with van der Waals surface area (Å²) in [6.45, 7) is 0.922. The molecule has 1 saturated heterocycles. The molecule has 1 aliphatic heterocycles. The van der Waals surface area contributed by atoms with Gasteiger partial charge in [0.15, 0.2) is 5.13 Å². The van der Waals surface area contributed by atoms with Crippen LogP contribution in [0.5, 0.6) is 0 Å². The van der Waals surface area contributed by atoms with Crippen molar-refractivity contribution in [1.82, 2.24) is 9.29 Å². The molecule has 1 fully saturated rings. The van der Waals surface area contributed by atoms with E-state index in [4.69, 9.17) is 17.3 Å². The van der Waals surface area contributed by atoms with Crippen molar-refractivity contribution < 1.29 is 13.2 Å². The molecule has 0 atom stereocenters. The van der Waals surface area contributed by atoms with E-state index in [1.165, 1.54) is 21.9 Å². The summed E-state index contributed by atoms with van der Waals surface area (Å²) < 4.78 is 24.6. The van der Waals surface area contributed by atoms with Gasteiger partial charge in [0.05, 0.1) is 11.3 Å². The van der Waals surface area contributed by atoms with Gasteiger partial charge in [-0.05, 0) is 25.0 Å². The van der Waals surface area contributed by atoms with Crippen molar-refractivity contribution in [3.05, 3.63) is 39.7 Å². The first kappa shape index (κ1) is 19.1. The second kappa shape index (κ2) is 7.51. The Bertz CT molecular complexity index is 921. The Hall–Kier alpha value is -1.68.